The first kappa shape index (κ1) is 22.6. The molecule has 3 heterocycles. The number of carbonyl (C=O) groups is 1. The van der Waals surface area contributed by atoms with E-state index < -0.39 is 0 Å². The summed E-state index contributed by atoms with van der Waals surface area (Å²) in [5.74, 6) is 0.908. The number of urea groups is 1. The summed E-state index contributed by atoms with van der Waals surface area (Å²) in [6, 6.07) is 12.6. The lowest BCUT2D eigenvalue weighted by Crippen LogP contribution is -2.50. The Morgan fingerprint density at radius 1 is 0.938 bits per heavy atom. The molecule has 0 atom stereocenters. The van der Waals surface area contributed by atoms with Crippen molar-refractivity contribution in [3.8, 4) is 5.75 Å². The molecule has 2 fully saturated rings. The second-order valence-electron chi connectivity index (χ2n) is 10.0. The van der Waals surface area contributed by atoms with E-state index in [9.17, 15) is 4.79 Å². The molecule has 6 heteroatoms. The minimum absolute atomic E-state index is 0.0106. The number of rotatable bonds is 4. The highest BCUT2D eigenvalue weighted by molar-refractivity contribution is 5.89. The molecule has 0 radical (unpaired) electrons. The number of aromatic nitrogens is 1. The Labute approximate surface area is 192 Å². The fourth-order valence-corrected chi connectivity index (χ4v) is 4.66. The van der Waals surface area contributed by atoms with Gasteiger partial charge in [-0.1, -0.05) is 32.9 Å². The minimum Gasteiger partial charge on any atom is -0.490 e. The lowest BCUT2D eigenvalue weighted by Gasteiger charge is -2.41. The van der Waals surface area contributed by atoms with Crippen LogP contribution in [-0.4, -0.2) is 59.1 Å². The van der Waals surface area contributed by atoms with Crippen molar-refractivity contribution in [1.29, 1.82) is 0 Å². The number of pyridine rings is 1. The Balaban J connectivity index is 1.20. The summed E-state index contributed by atoms with van der Waals surface area (Å²) in [6.07, 6.45) is 7.99. The summed E-state index contributed by atoms with van der Waals surface area (Å²) in [6.45, 7) is 10.3. The van der Waals surface area contributed by atoms with Gasteiger partial charge in [0.1, 0.15) is 11.9 Å². The highest BCUT2D eigenvalue weighted by Crippen LogP contribution is 2.25. The highest BCUT2D eigenvalue weighted by atomic mass is 16.5. The van der Waals surface area contributed by atoms with E-state index in [1.807, 2.05) is 29.2 Å². The van der Waals surface area contributed by atoms with E-state index in [0.717, 1.165) is 63.3 Å². The molecule has 1 N–H and O–H groups in total. The van der Waals surface area contributed by atoms with Crippen molar-refractivity contribution in [3.05, 3.63) is 54.4 Å². The van der Waals surface area contributed by atoms with Gasteiger partial charge in [-0.15, -0.1) is 0 Å². The van der Waals surface area contributed by atoms with E-state index in [1.54, 1.807) is 12.4 Å². The van der Waals surface area contributed by atoms with Crippen LogP contribution in [0.15, 0.2) is 48.8 Å². The van der Waals surface area contributed by atoms with Gasteiger partial charge in [0.15, 0.2) is 0 Å². The topological polar surface area (TPSA) is 57.7 Å². The SMILES string of the molecule is CC(C)(C)c1ccc(NC(=O)N2CCC(N3CCC(Oc4ccncc4)CC3)CC2)cc1. The molecule has 0 spiro atoms. The van der Waals surface area contributed by atoms with Gasteiger partial charge in [0, 0.05) is 50.3 Å². The fraction of sp³-hybridized carbons (Fsp3) is 0.538. The van der Waals surface area contributed by atoms with Gasteiger partial charge < -0.3 is 15.0 Å². The van der Waals surface area contributed by atoms with E-state index in [4.69, 9.17) is 4.74 Å². The second kappa shape index (κ2) is 9.90. The van der Waals surface area contributed by atoms with E-state index in [2.05, 4.69) is 48.1 Å². The summed E-state index contributed by atoms with van der Waals surface area (Å²) in [4.78, 5) is 21.3. The van der Waals surface area contributed by atoms with Crippen LogP contribution in [0.25, 0.3) is 0 Å². The number of benzene rings is 1. The third-order valence-electron chi connectivity index (χ3n) is 6.70. The monoisotopic (exact) mass is 436 g/mol. The van der Waals surface area contributed by atoms with Crippen LogP contribution in [0.5, 0.6) is 5.75 Å². The number of anilines is 1. The fourth-order valence-electron chi connectivity index (χ4n) is 4.66. The van der Waals surface area contributed by atoms with Gasteiger partial charge in [-0.25, -0.2) is 4.79 Å². The van der Waals surface area contributed by atoms with Crippen LogP contribution in [-0.2, 0) is 5.41 Å². The van der Waals surface area contributed by atoms with Crippen molar-refractivity contribution in [2.75, 3.05) is 31.5 Å². The summed E-state index contributed by atoms with van der Waals surface area (Å²) in [5, 5.41) is 3.07. The van der Waals surface area contributed by atoms with Crippen LogP contribution in [0.1, 0.15) is 52.0 Å². The van der Waals surface area contributed by atoms with Crippen molar-refractivity contribution in [3.63, 3.8) is 0 Å². The average molecular weight is 437 g/mol. The molecular formula is C26H36N4O2. The largest absolute Gasteiger partial charge is 0.490 e. The predicted molar refractivity (Wildman–Crippen MR) is 128 cm³/mol. The molecule has 2 saturated heterocycles. The molecule has 1 aromatic heterocycles. The summed E-state index contributed by atoms with van der Waals surface area (Å²) in [5.41, 5.74) is 2.25. The molecule has 2 aliphatic rings. The number of hydrogen-bond donors (Lipinski definition) is 1. The van der Waals surface area contributed by atoms with Crippen molar-refractivity contribution in [2.45, 2.75) is 64.0 Å². The quantitative estimate of drug-likeness (QED) is 0.739. The average Bonchev–Trinajstić information content (AvgIpc) is 2.80. The van der Waals surface area contributed by atoms with Gasteiger partial charge in [-0.05, 0) is 60.9 Å². The number of hydrogen-bond acceptors (Lipinski definition) is 4. The van der Waals surface area contributed by atoms with E-state index in [0.29, 0.717) is 6.04 Å². The second-order valence-corrected chi connectivity index (χ2v) is 10.0. The van der Waals surface area contributed by atoms with E-state index in [-0.39, 0.29) is 17.6 Å². The third kappa shape index (κ3) is 5.80. The molecule has 2 amide bonds. The normalized spacial score (nSPS) is 19.0. The van der Waals surface area contributed by atoms with Gasteiger partial charge in [-0.3, -0.25) is 9.88 Å². The van der Waals surface area contributed by atoms with Gasteiger partial charge in [0.25, 0.3) is 0 Å². The number of nitrogens with zero attached hydrogens (tertiary/aromatic N) is 3. The Hall–Kier alpha value is -2.60. The lowest BCUT2D eigenvalue weighted by molar-refractivity contribution is 0.0545. The molecule has 0 saturated carbocycles. The van der Waals surface area contributed by atoms with E-state index >= 15 is 0 Å². The molecule has 172 valence electrons. The molecular weight excluding hydrogens is 400 g/mol. The van der Waals surface area contributed by atoms with Crippen LogP contribution < -0.4 is 10.1 Å². The molecule has 0 aliphatic carbocycles. The number of ether oxygens (including phenoxy) is 1. The zero-order valence-electron chi connectivity index (χ0n) is 19.6. The number of nitrogens with one attached hydrogen (secondary N) is 1. The van der Waals surface area contributed by atoms with Crippen molar-refractivity contribution in [1.82, 2.24) is 14.8 Å². The van der Waals surface area contributed by atoms with Crippen LogP contribution in [0.4, 0.5) is 10.5 Å². The summed E-state index contributed by atoms with van der Waals surface area (Å²) >= 11 is 0. The zero-order valence-corrected chi connectivity index (χ0v) is 19.6. The maximum absolute atomic E-state index is 12.7. The Morgan fingerprint density at radius 2 is 1.56 bits per heavy atom. The molecule has 2 aliphatic heterocycles. The van der Waals surface area contributed by atoms with Crippen molar-refractivity contribution in [2.24, 2.45) is 0 Å². The smallest absolute Gasteiger partial charge is 0.321 e. The van der Waals surface area contributed by atoms with E-state index in [1.165, 1.54) is 5.56 Å². The minimum atomic E-state index is 0.0106. The Bertz CT molecular complexity index is 863. The van der Waals surface area contributed by atoms with Gasteiger partial charge in [-0.2, -0.15) is 0 Å². The molecule has 32 heavy (non-hydrogen) atoms. The van der Waals surface area contributed by atoms with Crippen molar-refractivity contribution < 1.29 is 9.53 Å². The standard InChI is InChI=1S/C26H36N4O2/c1-26(2,3)20-4-6-21(7-5-20)28-25(31)30-16-10-22(11-17-30)29-18-12-24(13-19-29)32-23-8-14-27-15-9-23/h4-9,14-15,22,24H,10-13,16-19H2,1-3H3,(H,28,31). The molecule has 1 aromatic carbocycles. The van der Waals surface area contributed by atoms with Gasteiger partial charge >= 0.3 is 6.03 Å². The lowest BCUT2D eigenvalue weighted by atomic mass is 9.87. The molecule has 2 aromatic rings. The predicted octanol–water partition coefficient (Wildman–Crippen LogP) is 4.92. The first-order valence-electron chi connectivity index (χ1n) is 11.9. The first-order chi connectivity index (χ1) is 15.4. The highest BCUT2D eigenvalue weighted by Gasteiger charge is 2.30. The molecule has 0 bridgehead atoms. The number of piperidine rings is 2. The number of amides is 2. The van der Waals surface area contributed by atoms with Crippen molar-refractivity contribution >= 4 is 11.7 Å². The summed E-state index contributed by atoms with van der Waals surface area (Å²) < 4.78 is 6.09. The maximum Gasteiger partial charge on any atom is 0.321 e. The van der Waals surface area contributed by atoms with Gasteiger partial charge in [0.2, 0.25) is 0 Å². The zero-order chi connectivity index (χ0) is 22.6. The molecule has 0 unspecified atom stereocenters. The molecule has 6 nitrogen and oxygen atoms in total. The maximum atomic E-state index is 12.7. The Morgan fingerprint density at radius 3 is 2.16 bits per heavy atom. The van der Waals surface area contributed by atoms with Crippen LogP contribution in [0.3, 0.4) is 0 Å². The first-order valence-corrected chi connectivity index (χ1v) is 11.9. The van der Waals surface area contributed by atoms with Gasteiger partial charge in [0.05, 0.1) is 0 Å². The number of carbonyl (C=O) groups excluding carboxylic acids is 1. The van der Waals surface area contributed by atoms with Crippen LogP contribution >= 0.6 is 0 Å². The molecule has 4 rings (SSSR count). The third-order valence-corrected chi connectivity index (χ3v) is 6.70. The number of likely N-dealkylation sites (tertiary alicyclic amines) is 2. The van der Waals surface area contributed by atoms with Crippen LogP contribution in [0, 0.1) is 0 Å². The van der Waals surface area contributed by atoms with Crippen LogP contribution in [0.2, 0.25) is 0 Å². The Kier molecular flexibility index (Phi) is 6.99. The summed E-state index contributed by atoms with van der Waals surface area (Å²) in [7, 11) is 0.